The molecule has 0 amide bonds. The van der Waals surface area contributed by atoms with E-state index in [0.717, 1.165) is 12.8 Å². The van der Waals surface area contributed by atoms with Crippen molar-refractivity contribution in [1.82, 2.24) is 8.61 Å². The molecule has 1 rings (SSSR count). The van der Waals surface area contributed by atoms with Gasteiger partial charge in [-0.25, -0.2) is 0 Å². The standard InChI is InChI=1S/C8H19N3O2S.ClH/c1-3-10(2)14(12,13)11-6-4-5-8(9)7-11;/h8H,3-7,9H2,1-2H3;1H. The molecule has 1 aliphatic heterocycles. The van der Waals surface area contributed by atoms with E-state index in [2.05, 4.69) is 0 Å². The average Bonchev–Trinajstić information content (AvgIpc) is 2.16. The van der Waals surface area contributed by atoms with Gasteiger partial charge in [0, 0.05) is 32.7 Å². The van der Waals surface area contributed by atoms with Crippen LogP contribution in [0.1, 0.15) is 19.8 Å². The molecule has 2 N–H and O–H groups in total. The first kappa shape index (κ1) is 15.1. The minimum absolute atomic E-state index is 0. The summed E-state index contributed by atoms with van der Waals surface area (Å²) in [5.41, 5.74) is 5.74. The molecule has 0 radical (unpaired) electrons. The predicted octanol–water partition coefficient (Wildman–Crippen LogP) is 0.0278. The summed E-state index contributed by atoms with van der Waals surface area (Å²) in [5.74, 6) is 0. The number of nitrogens with zero attached hydrogens (tertiary/aromatic N) is 2. The summed E-state index contributed by atoms with van der Waals surface area (Å²) in [6.45, 7) is 3.36. The van der Waals surface area contributed by atoms with E-state index in [1.165, 1.54) is 8.61 Å². The van der Waals surface area contributed by atoms with Crippen molar-refractivity contribution in [1.29, 1.82) is 0 Å². The molecule has 1 aliphatic rings. The van der Waals surface area contributed by atoms with E-state index in [0.29, 0.717) is 19.6 Å². The summed E-state index contributed by atoms with van der Waals surface area (Å²) in [6.07, 6.45) is 1.78. The van der Waals surface area contributed by atoms with Crippen LogP contribution in [0.2, 0.25) is 0 Å². The Hall–Kier alpha value is 0.120. The quantitative estimate of drug-likeness (QED) is 0.776. The minimum Gasteiger partial charge on any atom is -0.327 e. The van der Waals surface area contributed by atoms with Crippen LogP contribution in [-0.2, 0) is 10.2 Å². The SMILES string of the molecule is CCN(C)S(=O)(=O)N1CCCC(N)C1.Cl. The highest BCUT2D eigenvalue weighted by Gasteiger charge is 2.29. The average molecular weight is 258 g/mol. The van der Waals surface area contributed by atoms with Crippen LogP contribution in [0, 0.1) is 0 Å². The molecule has 0 aromatic heterocycles. The first-order valence-electron chi connectivity index (χ1n) is 4.95. The number of hydrogen-bond acceptors (Lipinski definition) is 3. The predicted molar refractivity (Wildman–Crippen MR) is 63.3 cm³/mol. The summed E-state index contributed by atoms with van der Waals surface area (Å²) >= 11 is 0. The lowest BCUT2D eigenvalue weighted by atomic mass is 10.1. The van der Waals surface area contributed by atoms with Crippen molar-refractivity contribution >= 4 is 22.6 Å². The topological polar surface area (TPSA) is 66.6 Å². The second-order valence-corrected chi connectivity index (χ2v) is 5.72. The van der Waals surface area contributed by atoms with Crippen LogP contribution in [0.3, 0.4) is 0 Å². The number of nitrogens with two attached hydrogens (primary N) is 1. The fraction of sp³-hybridized carbons (Fsp3) is 1.00. The summed E-state index contributed by atoms with van der Waals surface area (Å²) in [7, 11) is -1.67. The second kappa shape index (κ2) is 6.00. The van der Waals surface area contributed by atoms with Gasteiger partial charge in [-0.1, -0.05) is 6.92 Å². The highest BCUT2D eigenvalue weighted by molar-refractivity contribution is 7.86. The van der Waals surface area contributed by atoms with Crippen molar-refractivity contribution in [3.05, 3.63) is 0 Å². The smallest absolute Gasteiger partial charge is 0.281 e. The first-order valence-corrected chi connectivity index (χ1v) is 6.35. The first-order chi connectivity index (χ1) is 6.48. The third kappa shape index (κ3) is 3.57. The van der Waals surface area contributed by atoms with Crippen molar-refractivity contribution in [3.63, 3.8) is 0 Å². The zero-order valence-corrected chi connectivity index (χ0v) is 10.9. The van der Waals surface area contributed by atoms with Crippen molar-refractivity contribution in [2.75, 3.05) is 26.7 Å². The van der Waals surface area contributed by atoms with Gasteiger partial charge in [-0.3, -0.25) is 0 Å². The van der Waals surface area contributed by atoms with E-state index in [-0.39, 0.29) is 18.4 Å². The van der Waals surface area contributed by atoms with Crippen LogP contribution >= 0.6 is 12.4 Å². The summed E-state index contributed by atoms with van der Waals surface area (Å²) < 4.78 is 26.5. The molecule has 1 atom stereocenters. The minimum atomic E-state index is -3.26. The zero-order valence-electron chi connectivity index (χ0n) is 9.22. The van der Waals surface area contributed by atoms with Gasteiger partial charge in [-0.05, 0) is 12.8 Å². The lowest BCUT2D eigenvalue weighted by molar-refractivity contribution is 0.294. The Morgan fingerprint density at radius 3 is 2.60 bits per heavy atom. The summed E-state index contributed by atoms with van der Waals surface area (Å²) in [5, 5.41) is 0. The van der Waals surface area contributed by atoms with Crippen molar-refractivity contribution < 1.29 is 8.42 Å². The third-order valence-corrected chi connectivity index (χ3v) is 4.62. The molecule has 0 aromatic rings. The summed E-state index contributed by atoms with van der Waals surface area (Å²) in [6, 6.07) is -0.0104. The highest BCUT2D eigenvalue weighted by atomic mass is 35.5. The van der Waals surface area contributed by atoms with Crippen LogP contribution in [0.4, 0.5) is 0 Å². The number of piperidine rings is 1. The Morgan fingerprint density at radius 1 is 1.53 bits per heavy atom. The maximum atomic E-state index is 11.9. The molecule has 92 valence electrons. The highest BCUT2D eigenvalue weighted by Crippen LogP contribution is 2.14. The maximum Gasteiger partial charge on any atom is 0.281 e. The molecule has 0 spiro atoms. The van der Waals surface area contributed by atoms with E-state index in [1.54, 1.807) is 7.05 Å². The van der Waals surface area contributed by atoms with Gasteiger partial charge in [-0.2, -0.15) is 17.0 Å². The maximum absolute atomic E-state index is 11.9. The van der Waals surface area contributed by atoms with Crippen LogP contribution in [-0.4, -0.2) is 49.8 Å². The van der Waals surface area contributed by atoms with Crippen molar-refractivity contribution in [3.8, 4) is 0 Å². The van der Waals surface area contributed by atoms with Gasteiger partial charge in [0.1, 0.15) is 0 Å². The van der Waals surface area contributed by atoms with Gasteiger partial charge >= 0.3 is 0 Å². The van der Waals surface area contributed by atoms with Gasteiger partial charge in [0.05, 0.1) is 0 Å². The van der Waals surface area contributed by atoms with Crippen molar-refractivity contribution in [2.45, 2.75) is 25.8 Å². The van der Waals surface area contributed by atoms with Gasteiger partial charge in [0.2, 0.25) is 0 Å². The van der Waals surface area contributed by atoms with E-state index < -0.39 is 10.2 Å². The number of hydrogen-bond donors (Lipinski definition) is 1. The van der Waals surface area contributed by atoms with Gasteiger partial charge in [0.25, 0.3) is 10.2 Å². The monoisotopic (exact) mass is 257 g/mol. The van der Waals surface area contributed by atoms with Crippen molar-refractivity contribution in [2.24, 2.45) is 5.73 Å². The molecule has 0 aromatic carbocycles. The molecular weight excluding hydrogens is 238 g/mol. The Balaban J connectivity index is 0.00000196. The fourth-order valence-corrected chi connectivity index (χ4v) is 3.00. The van der Waals surface area contributed by atoms with E-state index in [1.807, 2.05) is 6.92 Å². The fourth-order valence-electron chi connectivity index (χ4n) is 1.54. The summed E-state index contributed by atoms with van der Waals surface area (Å²) in [4.78, 5) is 0. The molecule has 7 heteroatoms. The largest absolute Gasteiger partial charge is 0.327 e. The molecule has 1 saturated heterocycles. The lowest BCUT2D eigenvalue weighted by Gasteiger charge is -2.32. The lowest BCUT2D eigenvalue weighted by Crippen LogP contribution is -2.50. The molecule has 0 bridgehead atoms. The van der Waals surface area contributed by atoms with Crippen LogP contribution in [0.15, 0.2) is 0 Å². The van der Waals surface area contributed by atoms with Crippen LogP contribution in [0.5, 0.6) is 0 Å². The van der Waals surface area contributed by atoms with E-state index >= 15 is 0 Å². The van der Waals surface area contributed by atoms with E-state index in [9.17, 15) is 8.42 Å². The number of halogens is 1. The van der Waals surface area contributed by atoms with Crippen LogP contribution < -0.4 is 5.73 Å². The zero-order chi connectivity index (χ0) is 10.8. The number of rotatable bonds is 3. The third-order valence-electron chi connectivity index (χ3n) is 2.59. The van der Waals surface area contributed by atoms with E-state index in [4.69, 9.17) is 5.73 Å². The van der Waals surface area contributed by atoms with Gasteiger partial charge < -0.3 is 5.73 Å². The van der Waals surface area contributed by atoms with Gasteiger partial charge in [-0.15, -0.1) is 12.4 Å². The Bertz CT molecular complexity index is 284. The van der Waals surface area contributed by atoms with Gasteiger partial charge in [0.15, 0.2) is 0 Å². The molecule has 0 aliphatic carbocycles. The molecule has 5 nitrogen and oxygen atoms in total. The molecule has 15 heavy (non-hydrogen) atoms. The molecular formula is C8H20ClN3O2S. The second-order valence-electron chi connectivity index (χ2n) is 3.68. The Morgan fingerprint density at radius 2 is 2.13 bits per heavy atom. The molecule has 1 unspecified atom stereocenters. The Kier molecular flexibility index (Phi) is 6.05. The Labute approximate surface area is 98.2 Å². The normalized spacial score (nSPS) is 23.9. The molecule has 0 saturated carbocycles. The molecule has 1 fully saturated rings. The molecule has 1 heterocycles. The van der Waals surface area contributed by atoms with Crippen LogP contribution in [0.25, 0.3) is 0 Å².